The molecule has 18 heavy (non-hydrogen) atoms. The Labute approximate surface area is 112 Å². The fourth-order valence-electron chi connectivity index (χ4n) is 2.10. The van der Waals surface area contributed by atoms with E-state index in [1.54, 1.807) is 7.05 Å². The molecule has 0 saturated carbocycles. The summed E-state index contributed by atoms with van der Waals surface area (Å²) in [4.78, 5) is 36.4. The quantitative estimate of drug-likeness (QED) is 0.584. The maximum absolute atomic E-state index is 12.2. The van der Waals surface area contributed by atoms with Crippen LogP contribution in [0.3, 0.4) is 0 Å². The van der Waals surface area contributed by atoms with Crippen molar-refractivity contribution in [1.29, 1.82) is 0 Å². The Kier molecular flexibility index (Phi) is 5.46. The van der Waals surface area contributed by atoms with Crippen molar-refractivity contribution in [3.05, 3.63) is 0 Å². The SMILES string of the molecule is CNC(=O)C1CCCN1C(=O)C(CS)NC(C)=O. The smallest absolute Gasteiger partial charge is 0.246 e. The highest BCUT2D eigenvalue weighted by atomic mass is 32.1. The molecule has 1 saturated heterocycles. The van der Waals surface area contributed by atoms with Crippen LogP contribution < -0.4 is 10.6 Å². The lowest BCUT2D eigenvalue weighted by Gasteiger charge is -2.27. The molecule has 2 atom stereocenters. The van der Waals surface area contributed by atoms with Gasteiger partial charge in [-0.3, -0.25) is 14.4 Å². The number of carbonyl (C=O) groups is 3. The highest BCUT2D eigenvalue weighted by molar-refractivity contribution is 7.80. The summed E-state index contributed by atoms with van der Waals surface area (Å²) in [7, 11) is 1.55. The molecule has 1 rings (SSSR count). The number of thiol groups is 1. The van der Waals surface area contributed by atoms with E-state index in [2.05, 4.69) is 23.3 Å². The number of rotatable bonds is 4. The molecule has 1 fully saturated rings. The molecule has 0 aromatic carbocycles. The summed E-state index contributed by atoms with van der Waals surface area (Å²) < 4.78 is 0. The van der Waals surface area contributed by atoms with Crippen LogP contribution in [0, 0.1) is 0 Å². The minimum Gasteiger partial charge on any atom is -0.357 e. The molecule has 0 spiro atoms. The van der Waals surface area contributed by atoms with Crippen LogP contribution in [-0.2, 0) is 14.4 Å². The Morgan fingerprint density at radius 2 is 2.11 bits per heavy atom. The second kappa shape index (κ2) is 6.63. The third-order valence-corrected chi connectivity index (χ3v) is 3.31. The van der Waals surface area contributed by atoms with Gasteiger partial charge in [0.1, 0.15) is 12.1 Å². The Balaban J connectivity index is 2.74. The number of amides is 3. The minimum atomic E-state index is -0.670. The van der Waals surface area contributed by atoms with E-state index >= 15 is 0 Å². The molecule has 7 heteroatoms. The number of carbonyl (C=O) groups excluding carboxylic acids is 3. The third kappa shape index (κ3) is 3.38. The van der Waals surface area contributed by atoms with Crippen molar-refractivity contribution in [2.75, 3.05) is 19.3 Å². The standard InChI is InChI=1S/C11H19N3O3S/c1-7(15)13-8(6-18)11(17)14-5-3-4-9(14)10(16)12-2/h8-9,18H,3-6H2,1-2H3,(H,12,16)(H,13,15). The predicted molar refractivity (Wildman–Crippen MR) is 70.3 cm³/mol. The van der Waals surface area contributed by atoms with Crippen molar-refractivity contribution >= 4 is 30.4 Å². The average molecular weight is 273 g/mol. The molecule has 0 aromatic rings. The van der Waals surface area contributed by atoms with E-state index in [1.807, 2.05) is 0 Å². The van der Waals surface area contributed by atoms with Crippen molar-refractivity contribution in [2.24, 2.45) is 0 Å². The summed E-state index contributed by atoms with van der Waals surface area (Å²) in [5.41, 5.74) is 0. The van der Waals surface area contributed by atoms with E-state index in [9.17, 15) is 14.4 Å². The molecule has 1 heterocycles. The molecular weight excluding hydrogens is 254 g/mol. The first-order valence-corrected chi connectivity index (χ1v) is 6.54. The molecule has 0 radical (unpaired) electrons. The fraction of sp³-hybridized carbons (Fsp3) is 0.727. The van der Waals surface area contributed by atoms with E-state index in [-0.39, 0.29) is 23.5 Å². The van der Waals surface area contributed by atoms with Gasteiger partial charge in [0.05, 0.1) is 0 Å². The maximum atomic E-state index is 12.2. The summed E-state index contributed by atoms with van der Waals surface area (Å²) >= 11 is 4.06. The highest BCUT2D eigenvalue weighted by Crippen LogP contribution is 2.18. The van der Waals surface area contributed by atoms with Gasteiger partial charge >= 0.3 is 0 Å². The number of hydrogen-bond acceptors (Lipinski definition) is 4. The van der Waals surface area contributed by atoms with Crippen molar-refractivity contribution in [2.45, 2.75) is 31.8 Å². The number of hydrogen-bond donors (Lipinski definition) is 3. The van der Waals surface area contributed by atoms with Gasteiger partial charge in [-0.2, -0.15) is 12.6 Å². The summed E-state index contributed by atoms with van der Waals surface area (Å²) in [5, 5.41) is 5.10. The molecule has 0 aromatic heterocycles. The second-order valence-electron chi connectivity index (χ2n) is 4.24. The summed E-state index contributed by atoms with van der Waals surface area (Å²) in [6.45, 7) is 1.89. The molecule has 1 aliphatic heterocycles. The van der Waals surface area contributed by atoms with Crippen LogP contribution in [-0.4, -0.2) is 54.1 Å². The van der Waals surface area contributed by atoms with Crippen LogP contribution in [0.25, 0.3) is 0 Å². The number of likely N-dealkylation sites (tertiary alicyclic amines) is 1. The lowest BCUT2D eigenvalue weighted by atomic mass is 10.2. The monoisotopic (exact) mass is 273 g/mol. The van der Waals surface area contributed by atoms with Gasteiger partial charge in [0, 0.05) is 26.3 Å². The number of likely N-dealkylation sites (N-methyl/N-ethyl adjacent to an activating group) is 1. The molecular formula is C11H19N3O3S. The topological polar surface area (TPSA) is 78.5 Å². The number of nitrogens with one attached hydrogen (secondary N) is 2. The van der Waals surface area contributed by atoms with Gasteiger partial charge in [0.25, 0.3) is 0 Å². The Morgan fingerprint density at radius 1 is 1.44 bits per heavy atom. The molecule has 6 nitrogen and oxygen atoms in total. The highest BCUT2D eigenvalue weighted by Gasteiger charge is 2.36. The van der Waals surface area contributed by atoms with Crippen LogP contribution in [0.5, 0.6) is 0 Å². The van der Waals surface area contributed by atoms with Crippen LogP contribution in [0.1, 0.15) is 19.8 Å². The van der Waals surface area contributed by atoms with Crippen LogP contribution in [0.15, 0.2) is 0 Å². The van der Waals surface area contributed by atoms with Crippen molar-refractivity contribution in [1.82, 2.24) is 15.5 Å². The van der Waals surface area contributed by atoms with E-state index in [0.29, 0.717) is 13.0 Å². The molecule has 3 amide bonds. The summed E-state index contributed by atoms with van der Waals surface area (Å²) in [5.74, 6) is -0.471. The van der Waals surface area contributed by atoms with Crippen LogP contribution >= 0.6 is 12.6 Å². The van der Waals surface area contributed by atoms with Crippen molar-refractivity contribution in [3.63, 3.8) is 0 Å². The third-order valence-electron chi connectivity index (χ3n) is 2.94. The van der Waals surface area contributed by atoms with Gasteiger partial charge in [-0.1, -0.05) is 0 Å². The van der Waals surface area contributed by atoms with Crippen molar-refractivity contribution in [3.8, 4) is 0 Å². The molecule has 2 N–H and O–H groups in total. The number of nitrogens with zero attached hydrogens (tertiary/aromatic N) is 1. The minimum absolute atomic E-state index is 0.165. The zero-order valence-electron chi connectivity index (χ0n) is 10.6. The molecule has 2 unspecified atom stereocenters. The van der Waals surface area contributed by atoms with Crippen LogP contribution in [0.2, 0.25) is 0 Å². The van der Waals surface area contributed by atoms with Gasteiger partial charge in [-0.15, -0.1) is 0 Å². The lowest BCUT2D eigenvalue weighted by Crippen LogP contribution is -2.53. The van der Waals surface area contributed by atoms with Gasteiger partial charge in [-0.25, -0.2) is 0 Å². The first kappa shape index (κ1) is 14.8. The van der Waals surface area contributed by atoms with E-state index in [4.69, 9.17) is 0 Å². The Hall–Kier alpha value is -1.24. The van der Waals surface area contributed by atoms with Crippen molar-refractivity contribution < 1.29 is 14.4 Å². The zero-order valence-corrected chi connectivity index (χ0v) is 11.5. The van der Waals surface area contributed by atoms with Gasteiger partial charge in [0.2, 0.25) is 17.7 Å². The van der Waals surface area contributed by atoms with Crippen LogP contribution in [0.4, 0.5) is 0 Å². The summed E-state index contributed by atoms with van der Waals surface area (Å²) in [6.07, 6.45) is 1.45. The first-order chi connectivity index (χ1) is 8.51. The normalized spacial score (nSPS) is 20.4. The zero-order chi connectivity index (χ0) is 13.7. The van der Waals surface area contributed by atoms with Gasteiger partial charge in [-0.05, 0) is 12.8 Å². The molecule has 1 aliphatic rings. The van der Waals surface area contributed by atoms with E-state index < -0.39 is 12.1 Å². The fourth-order valence-corrected chi connectivity index (χ4v) is 2.35. The predicted octanol–water partition coefficient (Wildman–Crippen LogP) is -0.842. The Morgan fingerprint density at radius 3 is 2.61 bits per heavy atom. The lowest BCUT2D eigenvalue weighted by molar-refractivity contribution is -0.140. The summed E-state index contributed by atoms with van der Waals surface area (Å²) in [6, 6.07) is -1.10. The van der Waals surface area contributed by atoms with Gasteiger partial charge in [0.15, 0.2) is 0 Å². The van der Waals surface area contributed by atoms with Gasteiger partial charge < -0.3 is 15.5 Å². The van der Waals surface area contributed by atoms with E-state index in [1.165, 1.54) is 11.8 Å². The maximum Gasteiger partial charge on any atom is 0.246 e. The largest absolute Gasteiger partial charge is 0.357 e. The molecule has 0 bridgehead atoms. The Bertz CT molecular complexity index is 348. The second-order valence-corrected chi connectivity index (χ2v) is 4.60. The molecule has 102 valence electrons. The van der Waals surface area contributed by atoms with E-state index in [0.717, 1.165) is 6.42 Å². The molecule has 0 aliphatic carbocycles. The first-order valence-electron chi connectivity index (χ1n) is 5.91. The average Bonchev–Trinajstić information content (AvgIpc) is 2.82.